The Hall–Kier alpha value is -1.95. The topological polar surface area (TPSA) is 62.8 Å². The molecule has 1 aromatic carbocycles. The lowest BCUT2D eigenvalue weighted by Crippen LogP contribution is -2.24. The Kier molecular flexibility index (Phi) is 4.61. The molecule has 0 bridgehead atoms. The lowest BCUT2D eigenvalue weighted by molar-refractivity contribution is 0.406. The molecule has 23 heavy (non-hydrogen) atoms. The number of nitrogens with zero attached hydrogens (tertiary/aromatic N) is 2. The number of hydrogen-bond acceptors (Lipinski definition) is 4. The van der Waals surface area contributed by atoms with Crippen LogP contribution in [0.1, 0.15) is 55.9 Å². The monoisotopic (exact) mass is 318 g/mol. The van der Waals surface area contributed by atoms with E-state index < -0.39 is 0 Å². The van der Waals surface area contributed by atoms with E-state index in [0.717, 1.165) is 24.5 Å². The number of halogens is 1. The largest absolute Gasteiger partial charge is 0.497 e. The van der Waals surface area contributed by atoms with E-state index in [-0.39, 0.29) is 11.9 Å². The molecule has 1 fully saturated rings. The fraction of sp³-hybridized carbons (Fsp3) is 0.529. The van der Waals surface area contributed by atoms with Crippen LogP contribution in [0.25, 0.3) is 0 Å². The van der Waals surface area contributed by atoms with E-state index in [2.05, 4.69) is 34.3 Å². The second-order valence-corrected chi connectivity index (χ2v) is 6.38. The second-order valence-electron chi connectivity index (χ2n) is 6.38. The van der Waals surface area contributed by atoms with Crippen molar-refractivity contribution in [1.29, 1.82) is 0 Å². The summed E-state index contributed by atoms with van der Waals surface area (Å²) in [5, 5.41) is 10.6. The summed E-state index contributed by atoms with van der Waals surface area (Å²) in [6, 6.07) is 5.05. The first-order valence-corrected chi connectivity index (χ1v) is 8.06. The molecule has 5 nitrogen and oxygen atoms in total. The van der Waals surface area contributed by atoms with E-state index in [1.165, 1.54) is 6.07 Å². The Bertz CT molecular complexity index is 666. The van der Waals surface area contributed by atoms with Crippen LogP contribution < -0.4 is 10.1 Å². The molecular formula is C17H23FN4O. The van der Waals surface area contributed by atoms with E-state index in [1.54, 1.807) is 13.2 Å². The molecule has 0 amide bonds. The highest BCUT2D eigenvalue weighted by Gasteiger charge is 2.33. The van der Waals surface area contributed by atoms with Gasteiger partial charge in [0, 0.05) is 23.6 Å². The van der Waals surface area contributed by atoms with Gasteiger partial charge in [-0.3, -0.25) is 5.10 Å². The molecular weight excluding hydrogens is 295 g/mol. The molecule has 3 rings (SSSR count). The molecule has 2 aromatic rings. The first kappa shape index (κ1) is 15.9. The normalized spacial score (nSPS) is 15.9. The third-order valence-electron chi connectivity index (χ3n) is 4.19. The van der Waals surface area contributed by atoms with Gasteiger partial charge in [-0.05, 0) is 24.8 Å². The Morgan fingerprint density at radius 3 is 2.74 bits per heavy atom. The highest BCUT2D eigenvalue weighted by molar-refractivity contribution is 5.31. The van der Waals surface area contributed by atoms with Gasteiger partial charge in [0.1, 0.15) is 17.4 Å². The van der Waals surface area contributed by atoms with Gasteiger partial charge in [0.15, 0.2) is 5.82 Å². The van der Waals surface area contributed by atoms with E-state index in [1.807, 2.05) is 6.07 Å². The molecule has 0 aliphatic heterocycles. The fourth-order valence-corrected chi connectivity index (χ4v) is 2.70. The summed E-state index contributed by atoms with van der Waals surface area (Å²) in [7, 11) is 1.54. The summed E-state index contributed by atoms with van der Waals surface area (Å²) in [4.78, 5) is 4.46. The van der Waals surface area contributed by atoms with Crippen molar-refractivity contribution in [2.75, 3.05) is 7.11 Å². The molecule has 1 aliphatic rings. The van der Waals surface area contributed by atoms with Crippen LogP contribution in [0.4, 0.5) is 4.39 Å². The summed E-state index contributed by atoms with van der Waals surface area (Å²) in [6.45, 7) is 4.66. The van der Waals surface area contributed by atoms with Crippen LogP contribution in [-0.4, -0.2) is 22.3 Å². The van der Waals surface area contributed by atoms with E-state index in [9.17, 15) is 4.39 Å². The maximum Gasteiger partial charge on any atom is 0.153 e. The standard InChI is InChI=1S/C17H23FN4O/c1-10(2)17-20-15(21-22-17)9-19-16(11-4-5-11)13-7-6-12(23-3)8-14(13)18/h6-8,10-11,16,19H,4-5,9H2,1-3H3,(H,20,21,22). The summed E-state index contributed by atoms with van der Waals surface area (Å²) in [6.07, 6.45) is 2.24. The van der Waals surface area contributed by atoms with Gasteiger partial charge in [0.2, 0.25) is 0 Å². The lowest BCUT2D eigenvalue weighted by atomic mass is 10.0. The number of ether oxygens (including phenoxy) is 1. The average Bonchev–Trinajstić information content (AvgIpc) is 3.25. The van der Waals surface area contributed by atoms with Crippen LogP contribution in [0.3, 0.4) is 0 Å². The molecule has 6 heteroatoms. The third-order valence-corrected chi connectivity index (χ3v) is 4.19. The van der Waals surface area contributed by atoms with Crippen molar-refractivity contribution in [3.05, 3.63) is 41.2 Å². The molecule has 0 saturated heterocycles. The maximum absolute atomic E-state index is 14.4. The summed E-state index contributed by atoms with van der Waals surface area (Å²) in [5.41, 5.74) is 0.692. The molecule has 1 saturated carbocycles. The van der Waals surface area contributed by atoms with Gasteiger partial charge < -0.3 is 10.1 Å². The van der Waals surface area contributed by atoms with Crippen LogP contribution in [0.2, 0.25) is 0 Å². The van der Waals surface area contributed by atoms with Gasteiger partial charge >= 0.3 is 0 Å². The molecule has 1 unspecified atom stereocenters. The predicted molar refractivity (Wildman–Crippen MR) is 85.7 cm³/mol. The SMILES string of the molecule is COc1ccc(C(NCc2nc(C(C)C)n[nH]2)C2CC2)c(F)c1. The Labute approximate surface area is 135 Å². The van der Waals surface area contributed by atoms with Gasteiger partial charge in [-0.25, -0.2) is 9.37 Å². The van der Waals surface area contributed by atoms with Crippen LogP contribution in [0, 0.1) is 11.7 Å². The zero-order valence-electron chi connectivity index (χ0n) is 13.8. The van der Waals surface area contributed by atoms with Crippen LogP contribution in [0.15, 0.2) is 18.2 Å². The number of rotatable bonds is 7. The van der Waals surface area contributed by atoms with Crippen molar-refractivity contribution >= 4 is 0 Å². The number of aromatic amines is 1. The molecule has 1 aromatic heterocycles. The number of methoxy groups -OCH3 is 1. The van der Waals surface area contributed by atoms with Gasteiger partial charge in [-0.2, -0.15) is 5.10 Å². The van der Waals surface area contributed by atoms with Crippen LogP contribution in [0.5, 0.6) is 5.75 Å². The highest BCUT2D eigenvalue weighted by Crippen LogP contribution is 2.42. The molecule has 2 N–H and O–H groups in total. The number of hydrogen-bond donors (Lipinski definition) is 2. The number of aromatic nitrogens is 3. The number of nitrogens with one attached hydrogen (secondary N) is 2. The number of H-pyrrole nitrogens is 1. The quantitative estimate of drug-likeness (QED) is 0.822. The minimum atomic E-state index is -0.228. The second kappa shape index (κ2) is 6.66. The summed E-state index contributed by atoms with van der Waals surface area (Å²) < 4.78 is 19.4. The molecule has 1 aliphatic carbocycles. The molecule has 0 spiro atoms. The zero-order valence-corrected chi connectivity index (χ0v) is 13.8. The Morgan fingerprint density at radius 1 is 1.39 bits per heavy atom. The van der Waals surface area contributed by atoms with Crippen molar-refractivity contribution in [2.45, 2.75) is 45.2 Å². The van der Waals surface area contributed by atoms with Crippen molar-refractivity contribution in [1.82, 2.24) is 20.5 Å². The molecule has 124 valence electrons. The molecule has 1 heterocycles. The maximum atomic E-state index is 14.4. The van der Waals surface area contributed by atoms with Gasteiger partial charge in [0.05, 0.1) is 13.7 Å². The van der Waals surface area contributed by atoms with E-state index >= 15 is 0 Å². The minimum absolute atomic E-state index is 0.00601. The highest BCUT2D eigenvalue weighted by atomic mass is 19.1. The van der Waals surface area contributed by atoms with Crippen LogP contribution >= 0.6 is 0 Å². The molecule has 0 radical (unpaired) electrons. The third kappa shape index (κ3) is 3.69. The average molecular weight is 318 g/mol. The Balaban J connectivity index is 1.72. The predicted octanol–water partition coefficient (Wildman–Crippen LogP) is 3.32. The fourth-order valence-electron chi connectivity index (χ4n) is 2.70. The van der Waals surface area contributed by atoms with Gasteiger partial charge in [0.25, 0.3) is 0 Å². The first-order chi connectivity index (χ1) is 11.1. The summed E-state index contributed by atoms with van der Waals surface area (Å²) >= 11 is 0. The smallest absolute Gasteiger partial charge is 0.153 e. The Morgan fingerprint density at radius 2 is 2.17 bits per heavy atom. The zero-order chi connectivity index (χ0) is 16.4. The van der Waals surface area contributed by atoms with Gasteiger partial charge in [-0.1, -0.05) is 19.9 Å². The lowest BCUT2D eigenvalue weighted by Gasteiger charge is -2.19. The van der Waals surface area contributed by atoms with Crippen LogP contribution in [-0.2, 0) is 6.54 Å². The van der Waals surface area contributed by atoms with Crippen molar-refractivity contribution in [3.63, 3.8) is 0 Å². The first-order valence-electron chi connectivity index (χ1n) is 8.06. The number of benzene rings is 1. The summed E-state index contributed by atoms with van der Waals surface area (Å²) in [5.74, 6) is 2.67. The van der Waals surface area contributed by atoms with E-state index in [0.29, 0.717) is 29.7 Å². The van der Waals surface area contributed by atoms with Crippen molar-refractivity contribution in [3.8, 4) is 5.75 Å². The van der Waals surface area contributed by atoms with E-state index in [4.69, 9.17) is 4.74 Å². The van der Waals surface area contributed by atoms with Crippen molar-refractivity contribution in [2.24, 2.45) is 5.92 Å². The van der Waals surface area contributed by atoms with Crippen molar-refractivity contribution < 1.29 is 9.13 Å². The van der Waals surface area contributed by atoms with Gasteiger partial charge in [-0.15, -0.1) is 0 Å². The molecule has 1 atom stereocenters. The minimum Gasteiger partial charge on any atom is -0.497 e.